The molecule has 1 atom stereocenters. The van der Waals surface area contributed by atoms with E-state index in [1.807, 2.05) is 25.1 Å². The van der Waals surface area contributed by atoms with Crippen molar-refractivity contribution >= 4 is 22.8 Å². The number of hydrogen-bond donors (Lipinski definition) is 2. The molecule has 3 aromatic rings. The van der Waals surface area contributed by atoms with Crippen LogP contribution in [0.3, 0.4) is 0 Å². The Morgan fingerprint density at radius 2 is 2.05 bits per heavy atom. The van der Waals surface area contributed by atoms with Gasteiger partial charge in [-0.1, -0.05) is 12.1 Å². The SMILES string of the molecule is Cc1ccc2nc(Sc3ccc([C@@H](C)O)cc3F)[nH]c2c1. The van der Waals surface area contributed by atoms with Gasteiger partial charge >= 0.3 is 0 Å². The normalized spacial score (nSPS) is 12.8. The number of nitrogens with zero attached hydrogens (tertiary/aromatic N) is 1. The van der Waals surface area contributed by atoms with Crippen LogP contribution in [-0.4, -0.2) is 15.1 Å². The molecule has 0 aliphatic heterocycles. The Bertz CT molecular complexity index is 798. The van der Waals surface area contributed by atoms with E-state index >= 15 is 0 Å². The summed E-state index contributed by atoms with van der Waals surface area (Å²) in [7, 11) is 0. The molecule has 108 valence electrons. The molecule has 0 bridgehead atoms. The number of aromatic nitrogens is 2. The van der Waals surface area contributed by atoms with Crippen molar-refractivity contribution in [3.63, 3.8) is 0 Å². The molecule has 0 saturated carbocycles. The van der Waals surface area contributed by atoms with E-state index in [9.17, 15) is 9.50 Å². The molecule has 2 N–H and O–H groups in total. The first-order valence-electron chi connectivity index (χ1n) is 6.64. The summed E-state index contributed by atoms with van der Waals surface area (Å²) in [6, 6.07) is 10.7. The van der Waals surface area contributed by atoms with Crippen LogP contribution >= 0.6 is 11.8 Å². The van der Waals surface area contributed by atoms with Crippen molar-refractivity contribution in [1.82, 2.24) is 9.97 Å². The summed E-state index contributed by atoms with van der Waals surface area (Å²) >= 11 is 1.24. The molecule has 21 heavy (non-hydrogen) atoms. The van der Waals surface area contributed by atoms with Gasteiger partial charge in [-0.3, -0.25) is 0 Å². The van der Waals surface area contributed by atoms with Crippen molar-refractivity contribution in [2.75, 3.05) is 0 Å². The fourth-order valence-corrected chi connectivity index (χ4v) is 2.92. The maximum Gasteiger partial charge on any atom is 0.171 e. The van der Waals surface area contributed by atoms with Crippen molar-refractivity contribution in [3.05, 3.63) is 53.3 Å². The summed E-state index contributed by atoms with van der Waals surface area (Å²) in [6.07, 6.45) is -0.673. The van der Waals surface area contributed by atoms with Gasteiger partial charge in [-0.2, -0.15) is 0 Å². The summed E-state index contributed by atoms with van der Waals surface area (Å²) < 4.78 is 14.0. The molecule has 0 spiro atoms. The lowest BCUT2D eigenvalue weighted by molar-refractivity contribution is 0.198. The Kier molecular flexibility index (Phi) is 3.69. The van der Waals surface area contributed by atoms with Crippen molar-refractivity contribution in [2.45, 2.75) is 30.0 Å². The number of nitrogens with one attached hydrogen (secondary N) is 1. The van der Waals surface area contributed by atoms with Crippen molar-refractivity contribution in [2.24, 2.45) is 0 Å². The number of rotatable bonds is 3. The number of imidazole rings is 1. The number of aryl methyl sites for hydroxylation is 1. The Hall–Kier alpha value is -1.85. The molecule has 2 aromatic carbocycles. The Balaban J connectivity index is 1.91. The Labute approximate surface area is 126 Å². The predicted octanol–water partition coefficient (Wildman–Crippen LogP) is 4.21. The highest BCUT2D eigenvalue weighted by Gasteiger charge is 2.11. The monoisotopic (exact) mass is 302 g/mol. The van der Waals surface area contributed by atoms with Gasteiger partial charge in [0, 0.05) is 0 Å². The molecule has 1 heterocycles. The van der Waals surface area contributed by atoms with Gasteiger partial charge in [-0.05, 0) is 61.0 Å². The minimum absolute atomic E-state index is 0.352. The first-order valence-corrected chi connectivity index (χ1v) is 7.46. The minimum Gasteiger partial charge on any atom is -0.389 e. The van der Waals surface area contributed by atoms with Crippen LogP contribution in [0.1, 0.15) is 24.2 Å². The van der Waals surface area contributed by atoms with Crippen LogP contribution in [0.25, 0.3) is 11.0 Å². The topological polar surface area (TPSA) is 48.9 Å². The van der Waals surface area contributed by atoms with E-state index in [4.69, 9.17) is 0 Å². The van der Waals surface area contributed by atoms with Crippen LogP contribution in [0.5, 0.6) is 0 Å². The third-order valence-corrected chi connectivity index (χ3v) is 4.20. The highest BCUT2D eigenvalue weighted by atomic mass is 32.2. The van der Waals surface area contributed by atoms with Crippen LogP contribution in [0.2, 0.25) is 0 Å². The van der Waals surface area contributed by atoms with Gasteiger partial charge in [-0.25, -0.2) is 9.37 Å². The number of H-pyrrole nitrogens is 1. The molecular weight excluding hydrogens is 287 g/mol. The molecule has 0 radical (unpaired) electrons. The summed E-state index contributed by atoms with van der Waals surface area (Å²) in [5.41, 5.74) is 3.52. The van der Waals surface area contributed by atoms with Crippen LogP contribution in [0, 0.1) is 12.7 Å². The molecule has 5 heteroatoms. The van der Waals surface area contributed by atoms with Gasteiger partial charge < -0.3 is 10.1 Å². The zero-order valence-corrected chi connectivity index (χ0v) is 12.5. The molecule has 0 fully saturated rings. The lowest BCUT2D eigenvalue weighted by Gasteiger charge is -2.06. The van der Waals surface area contributed by atoms with Gasteiger partial charge in [0.25, 0.3) is 0 Å². The number of fused-ring (bicyclic) bond motifs is 1. The maximum atomic E-state index is 14.0. The standard InChI is InChI=1S/C16H15FN2OS/c1-9-3-5-13-14(7-9)19-16(18-13)21-15-6-4-11(10(2)20)8-12(15)17/h3-8,10,20H,1-2H3,(H,18,19)/t10-/m1/s1. The lowest BCUT2D eigenvalue weighted by atomic mass is 10.1. The average Bonchev–Trinajstić information content (AvgIpc) is 2.82. The smallest absolute Gasteiger partial charge is 0.171 e. The van der Waals surface area contributed by atoms with Gasteiger partial charge in [-0.15, -0.1) is 0 Å². The molecule has 3 rings (SSSR count). The highest BCUT2D eigenvalue weighted by molar-refractivity contribution is 7.99. The molecule has 0 amide bonds. The Morgan fingerprint density at radius 1 is 1.24 bits per heavy atom. The maximum absolute atomic E-state index is 14.0. The number of aliphatic hydroxyl groups excluding tert-OH is 1. The largest absolute Gasteiger partial charge is 0.389 e. The van der Waals surface area contributed by atoms with Crippen LogP contribution in [0.4, 0.5) is 4.39 Å². The van der Waals surface area contributed by atoms with E-state index in [0.717, 1.165) is 16.6 Å². The Morgan fingerprint density at radius 3 is 2.76 bits per heavy atom. The first kappa shape index (κ1) is 14.1. The lowest BCUT2D eigenvalue weighted by Crippen LogP contribution is -1.93. The molecule has 0 aliphatic carbocycles. The van der Waals surface area contributed by atoms with Crippen LogP contribution in [-0.2, 0) is 0 Å². The van der Waals surface area contributed by atoms with E-state index in [1.165, 1.54) is 17.8 Å². The van der Waals surface area contributed by atoms with Gasteiger partial charge in [0.1, 0.15) is 5.82 Å². The van der Waals surface area contributed by atoms with Gasteiger partial charge in [0.05, 0.1) is 22.0 Å². The fraction of sp³-hybridized carbons (Fsp3) is 0.188. The zero-order valence-electron chi connectivity index (χ0n) is 11.7. The van der Waals surface area contributed by atoms with Crippen molar-refractivity contribution in [1.29, 1.82) is 0 Å². The second kappa shape index (κ2) is 5.50. The summed E-state index contributed by atoms with van der Waals surface area (Å²) in [6.45, 7) is 3.63. The van der Waals surface area contributed by atoms with Gasteiger partial charge in [0.15, 0.2) is 5.16 Å². The number of aromatic amines is 1. The van der Waals surface area contributed by atoms with Crippen molar-refractivity contribution < 1.29 is 9.50 Å². The number of aliphatic hydroxyl groups is 1. The molecular formula is C16H15FN2OS. The summed E-state index contributed by atoms with van der Waals surface area (Å²) in [5, 5.41) is 10.1. The first-order chi connectivity index (χ1) is 10.0. The minimum atomic E-state index is -0.673. The highest BCUT2D eigenvalue weighted by Crippen LogP contribution is 2.30. The summed E-state index contributed by atoms with van der Waals surface area (Å²) in [4.78, 5) is 8.11. The second-order valence-corrected chi connectivity index (χ2v) is 6.06. The number of hydrogen-bond acceptors (Lipinski definition) is 3. The molecule has 1 aromatic heterocycles. The van der Waals surface area contributed by atoms with E-state index < -0.39 is 6.10 Å². The number of halogens is 1. The third kappa shape index (κ3) is 2.94. The second-order valence-electron chi connectivity index (χ2n) is 5.03. The predicted molar refractivity (Wildman–Crippen MR) is 82.0 cm³/mol. The van der Waals surface area contributed by atoms with Crippen LogP contribution < -0.4 is 0 Å². The summed E-state index contributed by atoms with van der Waals surface area (Å²) in [5.74, 6) is -0.352. The number of benzene rings is 2. The van der Waals surface area contributed by atoms with Crippen molar-refractivity contribution in [3.8, 4) is 0 Å². The van der Waals surface area contributed by atoms with Gasteiger partial charge in [0.2, 0.25) is 0 Å². The fourth-order valence-electron chi connectivity index (χ4n) is 2.11. The van der Waals surface area contributed by atoms with Crippen LogP contribution in [0.15, 0.2) is 46.5 Å². The van der Waals surface area contributed by atoms with E-state index in [0.29, 0.717) is 15.6 Å². The van der Waals surface area contributed by atoms with E-state index in [1.54, 1.807) is 19.1 Å². The molecule has 3 nitrogen and oxygen atoms in total. The molecule has 0 saturated heterocycles. The molecule has 0 aliphatic rings. The zero-order chi connectivity index (χ0) is 15.0. The quantitative estimate of drug-likeness (QED) is 0.761. The molecule has 0 unspecified atom stereocenters. The average molecular weight is 302 g/mol. The third-order valence-electron chi connectivity index (χ3n) is 3.26. The van der Waals surface area contributed by atoms with E-state index in [2.05, 4.69) is 9.97 Å². The van der Waals surface area contributed by atoms with E-state index in [-0.39, 0.29) is 5.82 Å².